The Morgan fingerprint density at radius 2 is 2.00 bits per heavy atom. The molecule has 0 saturated carbocycles. The van der Waals surface area contributed by atoms with Crippen LogP contribution >= 0.6 is 27.3 Å². The third-order valence-electron chi connectivity index (χ3n) is 2.81. The minimum atomic E-state index is -0.216. The number of nitrogens with zero attached hydrogens (tertiary/aromatic N) is 3. The predicted molar refractivity (Wildman–Crippen MR) is 92.5 cm³/mol. The molecule has 0 spiro atoms. The van der Waals surface area contributed by atoms with Crippen LogP contribution in [0.5, 0.6) is 0 Å². The van der Waals surface area contributed by atoms with E-state index in [9.17, 15) is 9.59 Å². The number of thiophene rings is 1. The molecule has 0 aliphatic heterocycles. The molecule has 2 N–H and O–H groups in total. The van der Waals surface area contributed by atoms with E-state index in [1.54, 1.807) is 31.6 Å². The fourth-order valence-corrected chi connectivity index (χ4v) is 3.11. The van der Waals surface area contributed by atoms with Crippen molar-refractivity contribution in [3.05, 3.63) is 39.3 Å². The highest BCUT2D eigenvalue weighted by Gasteiger charge is 2.16. The van der Waals surface area contributed by atoms with Crippen LogP contribution in [-0.2, 0) is 4.79 Å². The number of anilines is 1. The summed E-state index contributed by atoms with van der Waals surface area (Å²) in [6.07, 6.45) is 3.27. The highest BCUT2D eigenvalue weighted by molar-refractivity contribution is 9.11. The number of rotatable bonds is 7. The number of hydrogen-bond donors (Lipinski definition) is 2. The summed E-state index contributed by atoms with van der Waals surface area (Å²) < 4.78 is 0.882. The number of hydrogen-bond acceptors (Lipinski definition) is 6. The van der Waals surface area contributed by atoms with Crippen LogP contribution in [-0.4, -0.2) is 53.4 Å². The van der Waals surface area contributed by atoms with E-state index in [4.69, 9.17) is 0 Å². The lowest BCUT2D eigenvalue weighted by Crippen LogP contribution is -2.39. The Balaban J connectivity index is 1.69. The lowest BCUT2D eigenvalue weighted by Gasteiger charge is -2.16. The summed E-state index contributed by atoms with van der Waals surface area (Å²) in [5.74, 6) is 0.122. The van der Waals surface area contributed by atoms with Crippen molar-refractivity contribution >= 4 is 45.0 Å². The van der Waals surface area contributed by atoms with E-state index in [1.165, 1.54) is 16.2 Å². The number of carbonyl (C=O) groups is 2. The van der Waals surface area contributed by atoms with Crippen LogP contribution in [0.4, 0.5) is 5.95 Å². The molecule has 0 atom stereocenters. The predicted octanol–water partition coefficient (Wildman–Crippen LogP) is 1.60. The number of amides is 2. The second-order valence-electron chi connectivity index (χ2n) is 4.61. The Hall–Kier alpha value is -2.00. The standard InChI is InChI=1S/C14H16BrN5O2S/c1-20(13(22)10-3-4-11(15)23-10)9-12(21)16-7-8-19-14-17-5-2-6-18-14/h2-6H,7-9H2,1H3,(H,16,21)(H,17,18,19). The zero-order valence-electron chi connectivity index (χ0n) is 12.5. The summed E-state index contributed by atoms with van der Waals surface area (Å²) >= 11 is 4.65. The zero-order valence-corrected chi connectivity index (χ0v) is 14.9. The highest BCUT2D eigenvalue weighted by atomic mass is 79.9. The molecular formula is C14H16BrN5O2S. The van der Waals surface area contributed by atoms with Crippen LogP contribution in [0.2, 0.25) is 0 Å². The van der Waals surface area contributed by atoms with Crippen molar-refractivity contribution in [1.82, 2.24) is 20.2 Å². The molecule has 0 aliphatic carbocycles. The largest absolute Gasteiger partial charge is 0.353 e. The fraction of sp³-hybridized carbons (Fsp3) is 0.286. The minimum Gasteiger partial charge on any atom is -0.353 e. The summed E-state index contributed by atoms with van der Waals surface area (Å²) in [5.41, 5.74) is 0. The molecule has 9 heteroatoms. The molecule has 2 rings (SSSR count). The first-order valence-corrected chi connectivity index (χ1v) is 8.45. The van der Waals surface area contributed by atoms with Crippen molar-refractivity contribution in [3.63, 3.8) is 0 Å². The van der Waals surface area contributed by atoms with Crippen molar-refractivity contribution in [3.8, 4) is 0 Å². The van der Waals surface area contributed by atoms with Crippen LogP contribution in [0, 0.1) is 0 Å². The van der Waals surface area contributed by atoms with E-state index in [0.717, 1.165) is 3.79 Å². The lowest BCUT2D eigenvalue weighted by molar-refractivity contribution is -0.121. The van der Waals surface area contributed by atoms with Gasteiger partial charge in [-0.3, -0.25) is 9.59 Å². The third kappa shape index (κ3) is 5.61. The van der Waals surface area contributed by atoms with Gasteiger partial charge in [0.25, 0.3) is 5.91 Å². The number of halogens is 1. The summed E-state index contributed by atoms with van der Waals surface area (Å²) in [4.78, 5) is 34.0. The van der Waals surface area contributed by atoms with Crippen LogP contribution in [0.25, 0.3) is 0 Å². The quantitative estimate of drug-likeness (QED) is 0.692. The Labute approximate surface area is 146 Å². The second-order valence-corrected chi connectivity index (χ2v) is 7.08. The van der Waals surface area contributed by atoms with E-state index in [0.29, 0.717) is 23.9 Å². The molecule has 0 unspecified atom stereocenters. The Bertz CT molecular complexity index is 664. The molecule has 0 bridgehead atoms. The maximum atomic E-state index is 12.1. The van der Waals surface area contributed by atoms with E-state index in [2.05, 4.69) is 36.5 Å². The molecule has 0 radical (unpaired) electrons. The van der Waals surface area contributed by atoms with E-state index in [-0.39, 0.29) is 18.4 Å². The number of carbonyl (C=O) groups excluding carboxylic acids is 2. The first-order valence-electron chi connectivity index (χ1n) is 6.84. The van der Waals surface area contributed by atoms with E-state index < -0.39 is 0 Å². The smallest absolute Gasteiger partial charge is 0.264 e. The Morgan fingerprint density at radius 3 is 2.65 bits per heavy atom. The van der Waals surface area contributed by atoms with Crippen LogP contribution in [0.15, 0.2) is 34.4 Å². The first-order chi connectivity index (χ1) is 11.1. The second kappa shape index (κ2) is 8.59. The van der Waals surface area contributed by atoms with Gasteiger partial charge in [-0.1, -0.05) is 0 Å². The molecule has 2 amide bonds. The number of nitrogens with one attached hydrogen (secondary N) is 2. The normalized spacial score (nSPS) is 10.2. The van der Waals surface area contributed by atoms with Gasteiger partial charge in [-0.2, -0.15) is 0 Å². The van der Waals surface area contributed by atoms with E-state index >= 15 is 0 Å². The van der Waals surface area contributed by atoms with Crippen molar-refractivity contribution in [2.24, 2.45) is 0 Å². The molecule has 0 saturated heterocycles. The van der Waals surface area contributed by atoms with Gasteiger partial charge in [0.2, 0.25) is 11.9 Å². The minimum absolute atomic E-state index is 0.0101. The van der Waals surface area contributed by atoms with Gasteiger partial charge >= 0.3 is 0 Å². The number of likely N-dealkylation sites (N-methyl/N-ethyl adjacent to an activating group) is 1. The molecule has 2 aromatic rings. The SMILES string of the molecule is CN(CC(=O)NCCNc1ncccn1)C(=O)c1ccc(Br)s1. The molecule has 0 aromatic carbocycles. The summed E-state index contributed by atoms with van der Waals surface area (Å²) in [5, 5.41) is 5.72. The molecule has 0 aliphatic rings. The molecule has 0 fully saturated rings. The summed E-state index contributed by atoms with van der Waals surface area (Å²) in [6.45, 7) is 0.936. The van der Waals surface area contributed by atoms with Crippen LogP contribution in [0.3, 0.4) is 0 Å². The van der Waals surface area contributed by atoms with Gasteiger partial charge in [0.15, 0.2) is 0 Å². The third-order valence-corrected chi connectivity index (χ3v) is 4.42. The fourth-order valence-electron chi connectivity index (χ4n) is 1.73. The molecule has 2 aromatic heterocycles. The van der Waals surface area contributed by atoms with Crippen LogP contribution in [0.1, 0.15) is 9.67 Å². The first kappa shape index (κ1) is 17.4. The molecule has 2 heterocycles. The monoisotopic (exact) mass is 397 g/mol. The zero-order chi connectivity index (χ0) is 16.7. The van der Waals surface area contributed by atoms with Crippen molar-refractivity contribution in [1.29, 1.82) is 0 Å². The number of aromatic nitrogens is 2. The van der Waals surface area contributed by atoms with Gasteiger partial charge in [0.05, 0.1) is 15.2 Å². The molecule has 122 valence electrons. The highest BCUT2D eigenvalue weighted by Crippen LogP contribution is 2.22. The molecule has 23 heavy (non-hydrogen) atoms. The average molecular weight is 398 g/mol. The van der Waals surface area contributed by atoms with Crippen molar-refractivity contribution < 1.29 is 9.59 Å². The van der Waals surface area contributed by atoms with Crippen molar-refractivity contribution in [2.75, 3.05) is 32.0 Å². The van der Waals surface area contributed by atoms with Gasteiger partial charge in [-0.15, -0.1) is 11.3 Å². The maximum Gasteiger partial charge on any atom is 0.264 e. The summed E-state index contributed by atoms with van der Waals surface area (Å²) in [6, 6.07) is 5.27. The van der Waals surface area contributed by atoms with Gasteiger partial charge in [0, 0.05) is 32.5 Å². The Morgan fingerprint density at radius 1 is 1.26 bits per heavy atom. The van der Waals surface area contributed by atoms with Gasteiger partial charge in [0.1, 0.15) is 0 Å². The maximum absolute atomic E-state index is 12.1. The summed E-state index contributed by atoms with van der Waals surface area (Å²) in [7, 11) is 1.60. The van der Waals surface area contributed by atoms with Gasteiger partial charge in [-0.25, -0.2) is 9.97 Å². The van der Waals surface area contributed by atoms with Crippen LogP contribution < -0.4 is 10.6 Å². The topological polar surface area (TPSA) is 87.2 Å². The molecule has 7 nitrogen and oxygen atoms in total. The van der Waals surface area contributed by atoms with Gasteiger partial charge in [-0.05, 0) is 34.1 Å². The van der Waals surface area contributed by atoms with E-state index in [1.807, 2.05) is 6.07 Å². The van der Waals surface area contributed by atoms with Gasteiger partial charge < -0.3 is 15.5 Å². The Kier molecular flexibility index (Phi) is 6.48. The lowest BCUT2D eigenvalue weighted by atomic mass is 10.4. The average Bonchev–Trinajstić information content (AvgIpc) is 2.98. The molecular weight excluding hydrogens is 382 g/mol. The van der Waals surface area contributed by atoms with Crippen molar-refractivity contribution in [2.45, 2.75) is 0 Å².